The minimum Gasteiger partial charge on any atom is -0.508 e. The Morgan fingerprint density at radius 2 is 2.00 bits per heavy atom. The van der Waals surface area contributed by atoms with Crippen molar-refractivity contribution in [3.8, 4) is 5.75 Å². The third-order valence-corrected chi connectivity index (χ3v) is 4.09. The van der Waals surface area contributed by atoms with Crippen molar-refractivity contribution in [1.29, 1.82) is 0 Å². The molecule has 1 fully saturated rings. The van der Waals surface area contributed by atoms with Crippen LogP contribution in [-0.2, 0) is 4.79 Å². The van der Waals surface area contributed by atoms with Crippen LogP contribution < -0.4 is 16.3 Å². The normalized spacial score (nSPS) is 20.5. The molecular formula is C18H19FN4O2. The van der Waals surface area contributed by atoms with E-state index in [-0.39, 0.29) is 23.5 Å². The minimum atomic E-state index is -0.448. The molecule has 0 bridgehead atoms. The van der Waals surface area contributed by atoms with Crippen LogP contribution in [-0.4, -0.2) is 22.8 Å². The summed E-state index contributed by atoms with van der Waals surface area (Å²) in [5.41, 5.74) is 10.7. The Labute approximate surface area is 144 Å². The Morgan fingerprint density at radius 3 is 2.72 bits per heavy atom. The molecule has 1 saturated heterocycles. The fraction of sp³-hybridized carbons (Fsp3) is 0.222. The molecule has 6 nitrogen and oxygen atoms in total. The van der Waals surface area contributed by atoms with Gasteiger partial charge in [-0.1, -0.05) is 24.3 Å². The summed E-state index contributed by atoms with van der Waals surface area (Å²) >= 11 is 0. The van der Waals surface area contributed by atoms with Gasteiger partial charge < -0.3 is 5.11 Å². The standard InChI is InChI=1S/C18H19FN4O2/c1-11(13-3-2-4-15(24)9-13)20-23-18(25)17-10-16(21-22-17)12-5-7-14(19)8-6-12/h2-9,16-17,21-22,24H,10H2,1H3,(H,23,25)/b20-11-. The molecule has 2 unspecified atom stereocenters. The summed E-state index contributed by atoms with van der Waals surface area (Å²) < 4.78 is 13.0. The lowest BCUT2D eigenvalue weighted by molar-refractivity contribution is -0.122. The number of nitrogens with zero attached hydrogens (tertiary/aromatic N) is 1. The van der Waals surface area contributed by atoms with Gasteiger partial charge in [0, 0.05) is 11.6 Å². The van der Waals surface area contributed by atoms with Crippen molar-refractivity contribution in [2.24, 2.45) is 5.10 Å². The van der Waals surface area contributed by atoms with Gasteiger partial charge in [-0.2, -0.15) is 5.10 Å². The highest BCUT2D eigenvalue weighted by Crippen LogP contribution is 2.22. The largest absolute Gasteiger partial charge is 0.508 e. The zero-order chi connectivity index (χ0) is 17.8. The Hall–Kier alpha value is -2.77. The van der Waals surface area contributed by atoms with Crippen molar-refractivity contribution in [2.45, 2.75) is 25.4 Å². The molecule has 0 aromatic heterocycles. The van der Waals surface area contributed by atoms with E-state index in [1.165, 1.54) is 12.1 Å². The lowest BCUT2D eigenvalue weighted by atomic mass is 10.0. The van der Waals surface area contributed by atoms with Gasteiger partial charge in [0.2, 0.25) is 0 Å². The van der Waals surface area contributed by atoms with E-state index in [9.17, 15) is 14.3 Å². The number of carbonyl (C=O) groups is 1. The van der Waals surface area contributed by atoms with Crippen LogP contribution >= 0.6 is 0 Å². The second kappa shape index (κ2) is 7.42. The van der Waals surface area contributed by atoms with Crippen LogP contribution in [0.1, 0.15) is 30.5 Å². The zero-order valence-corrected chi connectivity index (χ0v) is 13.7. The lowest BCUT2D eigenvalue weighted by Crippen LogP contribution is -2.41. The van der Waals surface area contributed by atoms with Crippen LogP contribution in [0.3, 0.4) is 0 Å². The first-order valence-corrected chi connectivity index (χ1v) is 7.93. The SMILES string of the molecule is C/C(=N/NC(=O)C1CC(c2ccc(F)cc2)NN1)c1cccc(O)c1. The molecule has 4 N–H and O–H groups in total. The molecule has 25 heavy (non-hydrogen) atoms. The topological polar surface area (TPSA) is 85.8 Å². The van der Waals surface area contributed by atoms with Gasteiger partial charge in [-0.05, 0) is 43.2 Å². The van der Waals surface area contributed by atoms with Crippen LogP contribution in [0, 0.1) is 5.82 Å². The van der Waals surface area contributed by atoms with Crippen molar-refractivity contribution < 1.29 is 14.3 Å². The number of nitrogens with one attached hydrogen (secondary N) is 3. The first kappa shape index (κ1) is 17.1. The number of phenolic OH excluding ortho intramolecular Hbond substituents is 1. The number of phenols is 1. The number of rotatable bonds is 4. The predicted octanol–water partition coefficient (Wildman–Crippen LogP) is 1.98. The molecule has 2 aromatic carbocycles. The highest BCUT2D eigenvalue weighted by molar-refractivity contribution is 5.99. The fourth-order valence-corrected chi connectivity index (χ4v) is 2.65. The molecule has 130 valence electrons. The summed E-state index contributed by atoms with van der Waals surface area (Å²) in [4.78, 5) is 12.2. The third kappa shape index (κ3) is 4.20. The van der Waals surface area contributed by atoms with Crippen molar-refractivity contribution in [3.05, 3.63) is 65.5 Å². The molecule has 0 saturated carbocycles. The highest BCUT2D eigenvalue weighted by Gasteiger charge is 2.30. The van der Waals surface area contributed by atoms with Gasteiger partial charge in [-0.3, -0.25) is 4.79 Å². The molecule has 3 rings (SSSR count). The van der Waals surface area contributed by atoms with Gasteiger partial charge in [0.25, 0.3) is 5.91 Å². The number of halogens is 1. The molecule has 0 radical (unpaired) electrons. The van der Waals surface area contributed by atoms with Gasteiger partial charge in [0.15, 0.2) is 0 Å². The van der Waals surface area contributed by atoms with E-state index in [1.807, 2.05) is 0 Å². The average molecular weight is 342 g/mol. The van der Waals surface area contributed by atoms with Crippen molar-refractivity contribution in [2.75, 3.05) is 0 Å². The molecule has 1 aliphatic heterocycles. The van der Waals surface area contributed by atoms with Gasteiger partial charge in [-0.15, -0.1) is 0 Å². The number of carbonyl (C=O) groups excluding carboxylic acids is 1. The van der Waals surface area contributed by atoms with Crippen LogP contribution in [0.25, 0.3) is 0 Å². The lowest BCUT2D eigenvalue weighted by Gasteiger charge is -2.09. The molecule has 1 aliphatic rings. The number of aromatic hydroxyl groups is 1. The van der Waals surface area contributed by atoms with E-state index in [2.05, 4.69) is 21.4 Å². The van der Waals surface area contributed by atoms with E-state index >= 15 is 0 Å². The Kier molecular flexibility index (Phi) is 5.06. The molecule has 7 heteroatoms. The summed E-state index contributed by atoms with van der Waals surface area (Å²) in [6, 6.07) is 12.3. The maximum Gasteiger partial charge on any atom is 0.258 e. The number of amides is 1. The van der Waals surface area contributed by atoms with Crippen molar-refractivity contribution in [1.82, 2.24) is 16.3 Å². The van der Waals surface area contributed by atoms with Crippen LogP contribution in [0.5, 0.6) is 5.75 Å². The number of hydrazone groups is 1. The maximum absolute atomic E-state index is 13.0. The predicted molar refractivity (Wildman–Crippen MR) is 92.3 cm³/mol. The van der Waals surface area contributed by atoms with E-state index in [4.69, 9.17) is 0 Å². The number of hydrazine groups is 1. The molecule has 2 aromatic rings. The second-order valence-electron chi connectivity index (χ2n) is 5.90. The number of hydrogen-bond donors (Lipinski definition) is 4. The van der Waals surface area contributed by atoms with Gasteiger partial charge in [-0.25, -0.2) is 20.7 Å². The molecule has 2 atom stereocenters. The second-order valence-corrected chi connectivity index (χ2v) is 5.90. The summed E-state index contributed by atoms with van der Waals surface area (Å²) in [6.07, 6.45) is 0.526. The maximum atomic E-state index is 13.0. The third-order valence-electron chi connectivity index (χ3n) is 4.09. The molecule has 0 spiro atoms. The average Bonchev–Trinajstić information content (AvgIpc) is 3.10. The summed E-state index contributed by atoms with van der Waals surface area (Å²) in [5, 5.41) is 13.6. The Balaban J connectivity index is 1.59. The fourth-order valence-electron chi connectivity index (χ4n) is 2.65. The molecule has 1 heterocycles. The summed E-state index contributed by atoms with van der Waals surface area (Å²) in [6.45, 7) is 1.75. The zero-order valence-electron chi connectivity index (χ0n) is 13.7. The molecular weight excluding hydrogens is 323 g/mol. The Bertz CT molecular complexity index is 792. The number of hydrogen-bond acceptors (Lipinski definition) is 5. The summed E-state index contributed by atoms with van der Waals surface area (Å²) in [7, 11) is 0. The highest BCUT2D eigenvalue weighted by atomic mass is 19.1. The van der Waals surface area contributed by atoms with E-state index in [0.29, 0.717) is 12.1 Å². The first-order valence-electron chi connectivity index (χ1n) is 7.93. The molecule has 0 aliphatic carbocycles. The monoisotopic (exact) mass is 342 g/mol. The van der Waals surface area contributed by atoms with Gasteiger partial charge >= 0.3 is 0 Å². The smallest absolute Gasteiger partial charge is 0.258 e. The van der Waals surface area contributed by atoms with Gasteiger partial charge in [0.05, 0.1) is 5.71 Å². The van der Waals surface area contributed by atoms with Crippen molar-refractivity contribution >= 4 is 11.6 Å². The first-order chi connectivity index (χ1) is 12.0. The van der Waals surface area contributed by atoms with Crippen LogP contribution in [0.4, 0.5) is 4.39 Å². The summed E-state index contributed by atoms with van der Waals surface area (Å²) in [5.74, 6) is -0.417. The van der Waals surface area contributed by atoms with Crippen LogP contribution in [0.15, 0.2) is 53.6 Å². The van der Waals surface area contributed by atoms with E-state index in [0.717, 1.165) is 11.1 Å². The number of benzene rings is 2. The van der Waals surface area contributed by atoms with E-state index < -0.39 is 6.04 Å². The minimum absolute atomic E-state index is 0.0764. The van der Waals surface area contributed by atoms with Crippen molar-refractivity contribution in [3.63, 3.8) is 0 Å². The quantitative estimate of drug-likeness (QED) is 0.506. The van der Waals surface area contributed by atoms with E-state index in [1.54, 1.807) is 43.3 Å². The van der Waals surface area contributed by atoms with Crippen LogP contribution in [0.2, 0.25) is 0 Å². The molecule has 1 amide bonds. The Morgan fingerprint density at radius 1 is 1.24 bits per heavy atom. The van der Waals surface area contributed by atoms with Gasteiger partial charge in [0.1, 0.15) is 17.6 Å².